The number of ether oxygens (including phenoxy) is 1. The van der Waals surface area contributed by atoms with Crippen molar-refractivity contribution in [2.45, 2.75) is 6.04 Å². The number of carbonyl (C=O) groups excluding carboxylic acids is 3. The largest absolute Gasteiger partial charge is 0.468 e. The number of hydrogen-bond donors (Lipinski definition) is 2. The normalized spacial score (nSPS) is 15.3. The van der Waals surface area contributed by atoms with Crippen LogP contribution in [0.15, 0.2) is 47.1 Å². The number of methoxy groups -OCH3 is 1. The van der Waals surface area contributed by atoms with Gasteiger partial charge < -0.3 is 19.8 Å². The van der Waals surface area contributed by atoms with Gasteiger partial charge in [-0.1, -0.05) is 0 Å². The Morgan fingerprint density at radius 3 is 2.48 bits per heavy atom. The van der Waals surface area contributed by atoms with E-state index >= 15 is 0 Å². The molecule has 0 bridgehead atoms. The summed E-state index contributed by atoms with van der Waals surface area (Å²) < 4.78 is 10.2. The number of furan rings is 1. The lowest BCUT2D eigenvalue weighted by Crippen LogP contribution is -2.44. The molecule has 1 aromatic heterocycles. The SMILES string of the molecule is COC(=O)c1ccc(NC(=O)C(=O)NCC(c2ccco2)N2CCSCC2)cc1. The lowest BCUT2D eigenvalue weighted by molar-refractivity contribution is -0.136. The number of anilines is 1. The van der Waals surface area contributed by atoms with Crippen LogP contribution in [0.2, 0.25) is 0 Å². The van der Waals surface area contributed by atoms with Crippen LogP contribution >= 0.6 is 11.8 Å². The van der Waals surface area contributed by atoms with Gasteiger partial charge in [0.1, 0.15) is 5.76 Å². The fourth-order valence-corrected chi connectivity index (χ4v) is 3.98. The summed E-state index contributed by atoms with van der Waals surface area (Å²) in [6.07, 6.45) is 1.60. The molecule has 1 aromatic carbocycles. The van der Waals surface area contributed by atoms with Gasteiger partial charge in [0.2, 0.25) is 0 Å². The lowest BCUT2D eigenvalue weighted by atomic mass is 10.1. The molecule has 0 saturated carbocycles. The minimum Gasteiger partial charge on any atom is -0.468 e. The van der Waals surface area contributed by atoms with Gasteiger partial charge in [-0.25, -0.2) is 4.79 Å². The maximum atomic E-state index is 12.3. The second kappa shape index (κ2) is 10.1. The molecule has 2 aromatic rings. The fraction of sp³-hybridized carbons (Fsp3) is 0.350. The molecule has 0 aliphatic carbocycles. The van der Waals surface area contributed by atoms with Crippen molar-refractivity contribution in [3.63, 3.8) is 0 Å². The van der Waals surface area contributed by atoms with Gasteiger partial charge in [-0.2, -0.15) is 11.8 Å². The highest BCUT2D eigenvalue weighted by Crippen LogP contribution is 2.24. The van der Waals surface area contributed by atoms with E-state index in [1.54, 1.807) is 6.26 Å². The first-order chi connectivity index (χ1) is 14.1. The van der Waals surface area contributed by atoms with Crippen LogP contribution in [0.5, 0.6) is 0 Å². The Kier molecular flexibility index (Phi) is 7.31. The first-order valence-electron chi connectivity index (χ1n) is 9.21. The number of benzene rings is 1. The lowest BCUT2D eigenvalue weighted by Gasteiger charge is -2.33. The van der Waals surface area contributed by atoms with Crippen molar-refractivity contribution >= 4 is 35.2 Å². The molecule has 1 saturated heterocycles. The fourth-order valence-electron chi connectivity index (χ4n) is 3.04. The average molecular weight is 417 g/mol. The van der Waals surface area contributed by atoms with Crippen molar-refractivity contribution < 1.29 is 23.5 Å². The van der Waals surface area contributed by atoms with Gasteiger partial charge in [0.05, 0.1) is 25.0 Å². The number of rotatable bonds is 6. The van der Waals surface area contributed by atoms with Crippen molar-refractivity contribution in [3.8, 4) is 0 Å². The second-order valence-corrected chi connectivity index (χ2v) is 7.64. The summed E-state index contributed by atoms with van der Waals surface area (Å²) in [7, 11) is 1.29. The number of carbonyl (C=O) groups is 3. The molecule has 1 aliphatic heterocycles. The molecular weight excluding hydrogens is 394 g/mol. The molecule has 9 heteroatoms. The first kappa shape index (κ1) is 20.9. The van der Waals surface area contributed by atoms with Crippen LogP contribution in [0.1, 0.15) is 22.2 Å². The van der Waals surface area contributed by atoms with Crippen LogP contribution in [0.25, 0.3) is 0 Å². The van der Waals surface area contributed by atoms with E-state index in [0.717, 1.165) is 30.4 Å². The highest BCUT2D eigenvalue weighted by atomic mass is 32.2. The van der Waals surface area contributed by atoms with Gasteiger partial charge >= 0.3 is 17.8 Å². The molecule has 2 heterocycles. The number of amides is 2. The molecule has 1 aliphatic rings. The third-order valence-electron chi connectivity index (χ3n) is 4.58. The molecule has 2 amide bonds. The van der Waals surface area contributed by atoms with E-state index in [0.29, 0.717) is 11.3 Å². The zero-order valence-electron chi connectivity index (χ0n) is 16.1. The maximum Gasteiger partial charge on any atom is 0.337 e. The van der Waals surface area contributed by atoms with E-state index < -0.39 is 17.8 Å². The molecule has 1 unspecified atom stereocenters. The maximum absolute atomic E-state index is 12.3. The first-order valence-corrected chi connectivity index (χ1v) is 10.4. The molecule has 154 valence electrons. The van der Waals surface area contributed by atoms with Crippen molar-refractivity contribution in [1.29, 1.82) is 0 Å². The van der Waals surface area contributed by atoms with Crippen molar-refractivity contribution in [2.24, 2.45) is 0 Å². The minimum absolute atomic E-state index is 0.123. The average Bonchev–Trinajstić information content (AvgIpc) is 3.29. The Morgan fingerprint density at radius 1 is 1.14 bits per heavy atom. The van der Waals surface area contributed by atoms with Crippen LogP contribution in [-0.4, -0.2) is 60.9 Å². The molecule has 29 heavy (non-hydrogen) atoms. The Morgan fingerprint density at radius 2 is 1.86 bits per heavy atom. The monoisotopic (exact) mass is 417 g/mol. The highest BCUT2D eigenvalue weighted by Gasteiger charge is 2.26. The molecule has 1 fully saturated rings. The molecule has 1 atom stereocenters. The summed E-state index contributed by atoms with van der Waals surface area (Å²) in [5.74, 6) is 0.824. The summed E-state index contributed by atoms with van der Waals surface area (Å²) in [6, 6.07) is 9.67. The Balaban J connectivity index is 1.56. The summed E-state index contributed by atoms with van der Waals surface area (Å²) in [6.45, 7) is 2.06. The summed E-state index contributed by atoms with van der Waals surface area (Å²) in [4.78, 5) is 38.2. The van der Waals surface area contributed by atoms with Crippen molar-refractivity contribution in [3.05, 3.63) is 54.0 Å². The zero-order valence-corrected chi connectivity index (χ0v) is 16.9. The number of hydrogen-bond acceptors (Lipinski definition) is 7. The number of esters is 1. The van der Waals surface area contributed by atoms with Gasteiger partial charge in [0, 0.05) is 36.8 Å². The molecule has 8 nitrogen and oxygen atoms in total. The van der Waals surface area contributed by atoms with Gasteiger partial charge in [-0.05, 0) is 36.4 Å². The van der Waals surface area contributed by atoms with Crippen molar-refractivity contribution in [2.75, 3.05) is 43.6 Å². The Labute approximate surface area is 173 Å². The standard InChI is InChI=1S/C20H23N3O5S/c1-27-20(26)14-4-6-15(7-5-14)22-19(25)18(24)21-13-16(17-3-2-10-28-17)23-8-11-29-12-9-23/h2-7,10,16H,8-9,11-13H2,1H3,(H,21,24)(H,22,25). The van der Waals surface area contributed by atoms with Crippen LogP contribution in [0, 0.1) is 0 Å². The van der Waals surface area contributed by atoms with Gasteiger partial charge in [-0.15, -0.1) is 0 Å². The summed E-state index contributed by atoms with van der Waals surface area (Å²) in [5.41, 5.74) is 0.768. The summed E-state index contributed by atoms with van der Waals surface area (Å²) >= 11 is 1.90. The van der Waals surface area contributed by atoms with Crippen LogP contribution in [0.4, 0.5) is 5.69 Å². The highest BCUT2D eigenvalue weighted by molar-refractivity contribution is 7.99. The number of thioether (sulfide) groups is 1. The third kappa shape index (κ3) is 5.61. The Hall–Kier alpha value is -2.78. The van der Waals surface area contributed by atoms with Gasteiger partial charge in [0.25, 0.3) is 0 Å². The van der Waals surface area contributed by atoms with Gasteiger partial charge in [0.15, 0.2) is 0 Å². The quantitative estimate of drug-likeness (QED) is 0.547. The van der Waals surface area contributed by atoms with E-state index in [4.69, 9.17) is 4.42 Å². The molecule has 3 rings (SSSR count). The minimum atomic E-state index is -0.775. The zero-order chi connectivity index (χ0) is 20.6. The van der Waals surface area contributed by atoms with Crippen molar-refractivity contribution in [1.82, 2.24) is 10.2 Å². The van der Waals surface area contributed by atoms with E-state index in [9.17, 15) is 14.4 Å². The third-order valence-corrected chi connectivity index (χ3v) is 5.53. The predicted molar refractivity (Wildman–Crippen MR) is 110 cm³/mol. The van der Waals surface area contributed by atoms with E-state index in [2.05, 4.69) is 20.3 Å². The molecule has 0 radical (unpaired) electrons. The molecule has 0 spiro atoms. The topological polar surface area (TPSA) is 101 Å². The van der Waals surface area contributed by atoms with E-state index in [1.165, 1.54) is 31.4 Å². The smallest absolute Gasteiger partial charge is 0.337 e. The van der Waals surface area contributed by atoms with Crippen LogP contribution < -0.4 is 10.6 Å². The van der Waals surface area contributed by atoms with E-state index in [-0.39, 0.29) is 12.6 Å². The van der Waals surface area contributed by atoms with Gasteiger partial charge in [-0.3, -0.25) is 14.5 Å². The summed E-state index contributed by atoms with van der Waals surface area (Å²) in [5, 5.41) is 5.21. The van der Waals surface area contributed by atoms with E-state index in [1.807, 2.05) is 23.9 Å². The Bertz CT molecular complexity index is 832. The second-order valence-electron chi connectivity index (χ2n) is 6.41. The number of nitrogens with one attached hydrogen (secondary N) is 2. The predicted octanol–water partition coefficient (Wildman–Crippen LogP) is 1.91. The van der Waals surface area contributed by atoms with Crippen LogP contribution in [0.3, 0.4) is 0 Å². The van der Waals surface area contributed by atoms with Crippen LogP contribution in [-0.2, 0) is 14.3 Å². The molecular formula is C20H23N3O5S. The molecule has 2 N–H and O–H groups in total. The number of nitrogens with zero attached hydrogens (tertiary/aromatic N) is 1.